The third kappa shape index (κ3) is 1.42. The Morgan fingerprint density at radius 3 is 2.91 bits per heavy atom. The van der Waals surface area contributed by atoms with Crippen molar-refractivity contribution >= 4 is 0 Å². The van der Waals surface area contributed by atoms with Gasteiger partial charge in [0.05, 0.1) is 18.2 Å². The van der Waals surface area contributed by atoms with Gasteiger partial charge in [0.2, 0.25) is 0 Å². The van der Waals surface area contributed by atoms with Gasteiger partial charge in [0.1, 0.15) is 0 Å². The lowest BCUT2D eigenvalue weighted by atomic mass is 9.96. The van der Waals surface area contributed by atoms with E-state index in [1.165, 1.54) is 0 Å². The molecule has 0 radical (unpaired) electrons. The first-order chi connectivity index (χ1) is 5.25. The molecule has 1 saturated carbocycles. The van der Waals surface area contributed by atoms with Crippen LogP contribution in [0.4, 0.5) is 0 Å². The van der Waals surface area contributed by atoms with E-state index in [2.05, 4.69) is 5.43 Å². The Morgan fingerprint density at radius 2 is 2.27 bits per heavy atom. The first-order valence-corrected chi connectivity index (χ1v) is 3.82. The molecule has 0 aromatic rings. The summed E-state index contributed by atoms with van der Waals surface area (Å²) in [5.41, 5.74) is 2.28. The van der Waals surface area contributed by atoms with Crippen molar-refractivity contribution in [1.29, 1.82) is 0 Å². The molecule has 1 aliphatic heterocycles. The zero-order chi connectivity index (χ0) is 7.84. The molecular formula is C6H10N2O3. The molecule has 3 atom stereocenters. The number of nitrogens with zero attached hydrogens (tertiary/aromatic N) is 1. The van der Waals surface area contributed by atoms with Gasteiger partial charge >= 0.3 is 0 Å². The van der Waals surface area contributed by atoms with Crippen molar-refractivity contribution in [3.05, 3.63) is 10.1 Å². The first kappa shape index (κ1) is 6.84. The maximum atomic E-state index is 10.0. The van der Waals surface area contributed by atoms with Crippen LogP contribution in [0.3, 0.4) is 0 Å². The number of epoxide rings is 1. The number of fused-ring (bicyclic) bond motifs is 1. The van der Waals surface area contributed by atoms with E-state index in [-0.39, 0.29) is 6.04 Å². The van der Waals surface area contributed by atoms with Gasteiger partial charge in [0.25, 0.3) is 0 Å². The van der Waals surface area contributed by atoms with E-state index >= 15 is 0 Å². The third-order valence-electron chi connectivity index (χ3n) is 2.29. The largest absolute Gasteiger partial charge is 0.370 e. The highest BCUT2D eigenvalue weighted by Crippen LogP contribution is 2.36. The molecule has 1 heterocycles. The van der Waals surface area contributed by atoms with E-state index in [4.69, 9.17) is 4.74 Å². The normalized spacial score (nSPS) is 40.9. The maximum Gasteiger partial charge on any atom is 0.157 e. The standard InChI is InChI=1S/C6H10N2O3/c9-8(10)7-4-1-2-5-6(3-4)11-5/h4-7H,1-3H2. The van der Waals surface area contributed by atoms with Gasteiger partial charge in [-0.2, -0.15) is 0 Å². The lowest BCUT2D eigenvalue weighted by molar-refractivity contribution is -0.551. The summed E-state index contributed by atoms with van der Waals surface area (Å²) in [4.78, 5) is 10.0. The molecule has 11 heavy (non-hydrogen) atoms. The molecule has 2 fully saturated rings. The molecule has 3 unspecified atom stereocenters. The van der Waals surface area contributed by atoms with Crippen LogP contribution in [-0.4, -0.2) is 23.3 Å². The molecular weight excluding hydrogens is 148 g/mol. The smallest absolute Gasteiger partial charge is 0.157 e. The van der Waals surface area contributed by atoms with Crippen LogP contribution in [0.15, 0.2) is 0 Å². The Balaban J connectivity index is 1.81. The average Bonchev–Trinajstić information content (AvgIpc) is 2.63. The van der Waals surface area contributed by atoms with Crippen LogP contribution < -0.4 is 5.43 Å². The van der Waals surface area contributed by atoms with Crippen molar-refractivity contribution in [2.75, 3.05) is 0 Å². The Labute approximate surface area is 63.8 Å². The Hall–Kier alpha value is -0.840. The molecule has 5 heteroatoms. The van der Waals surface area contributed by atoms with Crippen molar-refractivity contribution in [1.82, 2.24) is 5.43 Å². The third-order valence-corrected chi connectivity index (χ3v) is 2.29. The zero-order valence-electron chi connectivity index (χ0n) is 6.03. The van der Waals surface area contributed by atoms with Crippen LogP contribution in [0, 0.1) is 10.1 Å². The predicted molar refractivity (Wildman–Crippen MR) is 36.4 cm³/mol. The molecule has 0 aromatic heterocycles. The highest BCUT2D eigenvalue weighted by molar-refractivity contribution is 4.93. The zero-order valence-corrected chi connectivity index (χ0v) is 6.03. The fourth-order valence-electron chi connectivity index (χ4n) is 1.67. The van der Waals surface area contributed by atoms with Crippen molar-refractivity contribution in [3.63, 3.8) is 0 Å². The summed E-state index contributed by atoms with van der Waals surface area (Å²) in [5.74, 6) is 0. The highest BCUT2D eigenvalue weighted by atomic mass is 16.7. The average molecular weight is 158 g/mol. The van der Waals surface area contributed by atoms with Crippen molar-refractivity contribution in [2.24, 2.45) is 0 Å². The molecule has 0 spiro atoms. The van der Waals surface area contributed by atoms with Gasteiger partial charge in [-0.15, -0.1) is 5.43 Å². The molecule has 5 nitrogen and oxygen atoms in total. The lowest BCUT2D eigenvalue weighted by Crippen LogP contribution is -2.37. The van der Waals surface area contributed by atoms with Gasteiger partial charge < -0.3 is 4.74 Å². The van der Waals surface area contributed by atoms with E-state index < -0.39 is 5.03 Å². The fraction of sp³-hybridized carbons (Fsp3) is 1.00. The number of hydrogen-bond donors (Lipinski definition) is 1. The second-order valence-corrected chi connectivity index (χ2v) is 3.11. The molecule has 2 aliphatic rings. The minimum absolute atomic E-state index is 0.0220. The van der Waals surface area contributed by atoms with Crippen LogP contribution in [0.25, 0.3) is 0 Å². The number of hydrogen-bond acceptors (Lipinski definition) is 3. The molecule has 1 saturated heterocycles. The summed E-state index contributed by atoms with van der Waals surface area (Å²) < 4.78 is 5.23. The Bertz CT molecular complexity index is 185. The fourth-order valence-corrected chi connectivity index (χ4v) is 1.67. The van der Waals surface area contributed by atoms with Crippen LogP contribution >= 0.6 is 0 Å². The number of nitro groups is 1. The highest BCUT2D eigenvalue weighted by Gasteiger charge is 2.44. The number of rotatable bonds is 2. The summed E-state index contributed by atoms with van der Waals surface area (Å²) in [5, 5.41) is 9.58. The predicted octanol–water partition coefficient (Wildman–Crippen LogP) is 0.0876. The molecule has 0 aromatic carbocycles. The Morgan fingerprint density at radius 1 is 1.45 bits per heavy atom. The second-order valence-electron chi connectivity index (χ2n) is 3.11. The first-order valence-electron chi connectivity index (χ1n) is 3.82. The minimum Gasteiger partial charge on any atom is -0.370 e. The monoisotopic (exact) mass is 158 g/mol. The van der Waals surface area contributed by atoms with Gasteiger partial charge in [0, 0.05) is 6.42 Å². The van der Waals surface area contributed by atoms with E-state index in [1.54, 1.807) is 0 Å². The molecule has 1 aliphatic carbocycles. The van der Waals surface area contributed by atoms with E-state index in [0.29, 0.717) is 12.2 Å². The maximum absolute atomic E-state index is 10.0. The SMILES string of the molecule is O=[N+]([O-])NC1CCC2OC2C1. The van der Waals surface area contributed by atoms with Gasteiger partial charge in [-0.25, -0.2) is 10.1 Å². The minimum atomic E-state index is -0.465. The summed E-state index contributed by atoms with van der Waals surface area (Å²) in [6.07, 6.45) is 3.35. The van der Waals surface area contributed by atoms with Crippen LogP contribution in [0.5, 0.6) is 0 Å². The summed E-state index contributed by atoms with van der Waals surface area (Å²) in [7, 11) is 0. The van der Waals surface area contributed by atoms with Gasteiger partial charge in [-0.05, 0) is 12.8 Å². The topological polar surface area (TPSA) is 67.7 Å². The Kier molecular flexibility index (Phi) is 1.45. The number of hydrazine groups is 1. The van der Waals surface area contributed by atoms with Crippen LogP contribution in [-0.2, 0) is 4.74 Å². The summed E-state index contributed by atoms with van der Waals surface area (Å²) in [6, 6.07) is 0.0220. The van der Waals surface area contributed by atoms with Crippen LogP contribution in [0.1, 0.15) is 19.3 Å². The number of nitrogens with one attached hydrogen (secondary N) is 1. The van der Waals surface area contributed by atoms with Gasteiger partial charge in [-0.3, -0.25) is 0 Å². The molecule has 0 amide bonds. The molecule has 2 rings (SSSR count). The summed E-state index contributed by atoms with van der Waals surface area (Å²) in [6.45, 7) is 0. The number of ether oxygens (including phenoxy) is 1. The van der Waals surface area contributed by atoms with E-state index in [9.17, 15) is 10.1 Å². The van der Waals surface area contributed by atoms with Crippen molar-refractivity contribution in [2.45, 2.75) is 37.5 Å². The van der Waals surface area contributed by atoms with Gasteiger partial charge in [-0.1, -0.05) is 0 Å². The quantitative estimate of drug-likeness (QED) is 0.351. The van der Waals surface area contributed by atoms with Gasteiger partial charge in [0.15, 0.2) is 5.03 Å². The summed E-state index contributed by atoms with van der Waals surface area (Å²) >= 11 is 0. The van der Waals surface area contributed by atoms with E-state index in [0.717, 1.165) is 19.3 Å². The molecule has 62 valence electrons. The van der Waals surface area contributed by atoms with E-state index in [1.807, 2.05) is 0 Å². The van der Waals surface area contributed by atoms with Crippen LogP contribution in [0.2, 0.25) is 0 Å². The molecule has 1 N–H and O–H groups in total. The lowest BCUT2D eigenvalue weighted by Gasteiger charge is -2.14. The second kappa shape index (κ2) is 2.34. The molecule has 0 bridgehead atoms. The van der Waals surface area contributed by atoms with Crippen molar-refractivity contribution in [3.8, 4) is 0 Å². The van der Waals surface area contributed by atoms with Crippen molar-refractivity contribution < 1.29 is 9.77 Å².